The molecule has 0 saturated heterocycles. The fraction of sp³-hybridized carbons (Fsp3) is 0.312. The van der Waals surface area contributed by atoms with Crippen LogP contribution in [0.2, 0.25) is 0 Å². The number of carbonyl (C=O) groups excluding carboxylic acids is 1. The van der Waals surface area contributed by atoms with Crippen LogP contribution < -0.4 is 5.32 Å². The van der Waals surface area contributed by atoms with Gasteiger partial charge in [0, 0.05) is 12.4 Å². The van der Waals surface area contributed by atoms with Crippen molar-refractivity contribution in [1.82, 2.24) is 24.7 Å². The Kier molecular flexibility index (Phi) is 4.10. The van der Waals surface area contributed by atoms with E-state index in [-0.39, 0.29) is 12.5 Å². The number of ether oxygens (including phenoxy) is 1. The molecule has 0 aliphatic heterocycles. The predicted octanol–water partition coefficient (Wildman–Crippen LogP) is 2.11. The summed E-state index contributed by atoms with van der Waals surface area (Å²) in [5, 5.41) is 17.0. The average Bonchev–Trinajstić information content (AvgIpc) is 3.12. The Morgan fingerprint density at radius 3 is 2.96 bits per heavy atom. The molecule has 9 heteroatoms. The fourth-order valence-corrected chi connectivity index (χ4v) is 2.30. The number of fused-ring (bicyclic) bond motifs is 1. The van der Waals surface area contributed by atoms with Gasteiger partial charge in [0.15, 0.2) is 0 Å². The van der Waals surface area contributed by atoms with Gasteiger partial charge in [0.2, 0.25) is 0 Å². The molecule has 0 atom stereocenters. The second-order valence-electron chi connectivity index (χ2n) is 6.40. The van der Waals surface area contributed by atoms with Crippen LogP contribution in [0.5, 0.6) is 0 Å². The molecule has 9 nitrogen and oxygen atoms in total. The Hall–Kier alpha value is -3.41. The molecule has 2 N–H and O–H groups in total. The van der Waals surface area contributed by atoms with Crippen molar-refractivity contribution in [3.8, 4) is 6.07 Å². The summed E-state index contributed by atoms with van der Waals surface area (Å²) in [6.45, 7) is 5.44. The Morgan fingerprint density at radius 2 is 2.24 bits per heavy atom. The number of carbonyl (C=O) groups is 1. The summed E-state index contributed by atoms with van der Waals surface area (Å²) in [7, 11) is 0. The molecular weight excluding hydrogens is 322 g/mol. The first-order chi connectivity index (χ1) is 11.9. The standard InChI is InChI=1S/C16H17N7O2/c1-16(2,3)25-12(24)8-23-7-11(6-21-23)22-15-13-10(4-17)5-18-14(13)19-9-20-15/h5-7,9H,8H2,1-3H3,(H2,18,19,20,22). The molecule has 0 amide bonds. The Labute approximate surface area is 143 Å². The highest BCUT2D eigenvalue weighted by atomic mass is 16.6. The highest BCUT2D eigenvalue weighted by Gasteiger charge is 2.17. The molecule has 3 aromatic heterocycles. The highest BCUT2D eigenvalue weighted by molar-refractivity contribution is 5.93. The summed E-state index contributed by atoms with van der Waals surface area (Å²) in [5.41, 5.74) is 1.10. The van der Waals surface area contributed by atoms with Crippen molar-refractivity contribution in [2.45, 2.75) is 32.9 Å². The molecule has 3 heterocycles. The maximum absolute atomic E-state index is 11.9. The van der Waals surface area contributed by atoms with E-state index in [4.69, 9.17) is 4.74 Å². The third kappa shape index (κ3) is 3.74. The first-order valence-electron chi connectivity index (χ1n) is 7.59. The molecular formula is C16H17N7O2. The minimum absolute atomic E-state index is 0.00569. The maximum atomic E-state index is 11.9. The van der Waals surface area contributed by atoms with Crippen molar-refractivity contribution in [3.63, 3.8) is 0 Å². The number of nitrogens with zero attached hydrogens (tertiary/aromatic N) is 5. The zero-order valence-corrected chi connectivity index (χ0v) is 14.1. The quantitative estimate of drug-likeness (QED) is 0.698. The van der Waals surface area contributed by atoms with E-state index in [1.54, 1.807) is 18.6 Å². The number of anilines is 2. The van der Waals surface area contributed by atoms with Crippen LogP contribution in [-0.2, 0) is 16.1 Å². The van der Waals surface area contributed by atoms with E-state index in [9.17, 15) is 10.1 Å². The third-order valence-electron chi connectivity index (χ3n) is 3.20. The summed E-state index contributed by atoms with van der Waals surface area (Å²) in [6.07, 6.45) is 6.21. The molecule has 0 aliphatic carbocycles. The maximum Gasteiger partial charge on any atom is 0.328 e. The lowest BCUT2D eigenvalue weighted by Crippen LogP contribution is -2.26. The van der Waals surface area contributed by atoms with Gasteiger partial charge in [-0.15, -0.1) is 0 Å². The van der Waals surface area contributed by atoms with Crippen LogP contribution in [0.3, 0.4) is 0 Å². The number of hydrogen-bond donors (Lipinski definition) is 2. The van der Waals surface area contributed by atoms with Crippen LogP contribution >= 0.6 is 0 Å². The molecule has 3 aromatic rings. The number of aromatic amines is 1. The first kappa shape index (κ1) is 16.4. The van der Waals surface area contributed by atoms with Gasteiger partial charge >= 0.3 is 5.97 Å². The smallest absolute Gasteiger partial charge is 0.328 e. The number of esters is 1. The van der Waals surface area contributed by atoms with E-state index in [1.807, 2.05) is 20.8 Å². The molecule has 0 aliphatic rings. The fourth-order valence-electron chi connectivity index (χ4n) is 2.30. The zero-order chi connectivity index (χ0) is 18.0. The van der Waals surface area contributed by atoms with E-state index in [0.29, 0.717) is 28.1 Å². The summed E-state index contributed by atoms with van der Waals surface area (Å²) < 4.78 is 6.74. The number of H-pyrrole nitrogens is 1. The van der Waals surface area contributed by atoms with Gasteiger partial charge in [-0.1, -0.05) is 0 Å². The summed E-state index contributed by atoms with van der Waals surface area (Å²) in [4.78, 5) is 23.0. The van der Waals surface area contributed by atoms with Gasteiger partial charge in [-0.25, -0.2) is 9.97 Å². The largest absolute Gasteiger partial charge is 0.459 e. The van der Waals surface area contributed by atoms with Gasteiger partial charge in [-0.05, 0) is 20.8 Å². The van der Waals surface area contributed by atoms with E-state index in [0.717, 1.165) is 0 Å². The number of aromatic nitrogens is 5. The molecule has 0 radical (unpaired) electrons. The lowest BCUT2D eigenvalue weighted by atomic mass is 10.2. The van der Waals surface area contributed by atoms with Gasteiger partial charge < -0.3 is 15.0 Å². The Bertz CT molecular complexity index is 959. The van der Waals surface area contributed by atoms with Crippen molar-refractivity contribution in [3.05, 3.63) is 30.5 Å². The average molecular weight is 339 g/mol. The van der Waals surface area contributed by atoms with Gasteiger partial charge in [-0.2, -0.15) is 10.4 Å². The Balaban J connectivity index is 1.77. The monoisotopic (exact) mass is 339 g/mol. The van der Waals surface area contributed by atoms with Crippen LogP contribution in [0.15, 0.2) is 24.9 Å². The lowest BCUT2D eigenvalue weighted by Gasteiger charge is -2.19. The zero-order valence-electron chi connectivity index (χ0n) is 14.1. The van der Waals surface area contributed by atoms with Crippen molar-refractivity contribution in [1.29, 1.82) is 5.26 Å². The van der Waals surface area contributed by atoms with E-state index >= 15 is 0 Å². The molecule has 0 saturated carbocycles. The van der Waals surface area contributed by atoms with E-state index in [1.165, 1.54) is 11.0 Å². The second kappa shape index (κ2) is 6.24. The van der Waals surface area contributed by atoms with Crippen molar-refractivity contribution < 1.29 is 9.53 Å². The molecule has 0 fully saturated rings. The predicted molar refractivity (Wildman–Crippen MR) is 90.0 cm³/mol. The molecule has 128 valence electrons. The SMILES string of the molecule is CC(C)(C)OC(=O)Cn1cc(Nc2ncnc3[nH]cc(C#N)c23)cn1. The number of hydrogen-bond acceptors (Lipinski definition) is 7. The van der Waals surface area contributed by atoms with Gasteiger partial charge in [0.25, 0.3) is 0 Å². The Morgan fingerprint density at radius 1 is 1.44 bits per heavy atom. The first-order valence-corrected chi connectivity index (χ1v) is 7.59. The second-order valence-corrected chi connectivity index (χ2v) is 6.40. The molecule has 0 aromatic carbocycles. The summed E-state index contributed by atoms with van der Waals surface area (Å²) in [5.74, 6) is 0.114. The van der Waals surface area contributed by atoms with Crippen molar-refractivity contribution in [2.24, 2.45) is 0 Å². The molecule has 0 bridgehead atoms. The topological polar surface area (TPSA) is 122 Å². The van der Waals surface area contributed by atoms with Crippen molar-refractivity contribution >= 4 is 28.5 Å². The van der Waals surface area contributed by atoms with Gasteiger partial charge in [-0.3, -0.25) is 9.48 Å². The number of nitriles is 1. The number of nitrogens with one attached hydrogen (secondary N) is 2. The van der Waals surface area contributed by atoms with Gasteiger partial charge in [0.05, 0.1) is 22.8 Å². The minimum Gasteiger partial charge on any atom is -0.459 e. The molecule has 0 unspecified atom stereocenters. The van der Waals surface area contributed by atoms with Crippen LogP contribution in [-0.4, -0.2) is 36.3 Å². The van der Waals surface area contributed by atoms with Crippen LogP contribution in [0.1, 0.15) is 26.3 Å². The molecule has 3 rings (SSSR count). The molecule has 25 heavy (non-hydrogen) atoms. The van der Waals surface area contributed by atoms with Gasteiger partial charge in [0.1, 0.15) is 36.0 Å². The summed E-state index contributed by atoms with van der Waals surface area (Å²) in [6, 6.07) is 2.10. The van der Waals surface area contributed by atoms with E-state index < -0.39 is 5.60 Å². The van der Waals surface area contributed by atoms with E-state index in [2.05, 4.69) is 31.4 Å². The van der Waals surface area contributed by atoms with Crippen LogP contribution in [0.25, 0.3) is 11.0 Å². The number of rotatable bonds is 4. The highest BCUT2D eigenvalue weighted by Crippen LogP contribution is 2.25. The third-order valence-corrected chi connectivity index (χ3v) is 3.20. The van der Waals surface area contributed by atoms with Crippen LogP contribution in [0, 0.1) is 11.3 Å². The minimum atomic E-state index is -0.542. The van der Waals surface area contributed by atoms with Crippen molar-refractivity contribution in [2.75, 3.05) is 5.32 Å². The normalized spacial score (nSPS) is 11.3. The summed E-state index contributed by atoms with van der Waals surface area (Å²) >= 11 is 0. The lowest BCUT2D eigenvalue weighted by molar-refractivity contribution is -0.155. The molecule has 0 spiro atoms. The van der Waals surface area contributed by atoms with Crippen LogP contribution in [0.4, 0.5) is 11.5 Å².